The lowest BCUT2D eigenvalue weighted by Gasteiger charge is -2.07. The van der Waals surface area contributed by atoms with Crippen molar-refractivity contribution in [3.05, 3.63) is 77.8 Å². The van der Waals surface area contributed by atoms with Gasteiger partial charge in [-0.25, -0.2) is 0 Å². The fourth-order valence-electron chi connectivity index (χ4n) is 1.67. The van der Waals surface area contributed by atoms with E-state index >= 15 is 0 Å². The zero-order valence-corrected chi connectivity index (χ0v) is 8.88. The fourth-order valence-corrected chi connectivity index (χ4v) is 1.67. The van der Waals surface area contributed by atoms with Gasteiger partial charge in [0.1, 0.15) is 0 Å². The Morgan fingerprint density at radius 2 is 1.25 bits per heavy atom. The van der Waals surface area contributed by atoms with Crippen LogP contribution in [-0.4, -0.2) is 12.5 Å². The van der Waals surface area contributed by atoms with E-state index in [2.05, 4.69) is 0 Å². The molecule has 16 heavy (non-hydrogen) atoms. The van der Waals surface area contributed by atoms with Gasteiger partial charge in [-0.15, -0.1) is 0 Å². The minimum Gasteiger partial charge on any atom is -0.450 e. The summed E-state index contributed by atoms with van der Waals surface area (Å²) in [6.07, 6.45) is 0. The molecular weight excluding hydrogens is 195 g/mol. The Morgan fingerprint density at radius 1 is 0.812 bits per heavy atom. The largest absolute Gasteiger partial charge is 0.450 e. The SMILES string of the molecule is O[B]C=C(c1ccccc1)c1ccccc1. The molecule has 0 bridgehead atoms. The third kappa shape index (κ3) is 2.41. The van der Waals surface area contributed by atoms with Crippen molar-refractivity contribution in [1.29, 1.82) is 0 Å². The highest BCUT2D eigenvalue weighted by molar-refractivity contribution is 6.35. The molecule has 0 amide bonds. The van der Waals surface area contributed by atoms with Crippen LogP contribution in [0, 0.1) is 0 Å². The predicted octanol–water partition coefficient (Wildman–Crippen LogP) is 2.69. The monoisotopic (exact) mass is 207 g/mol. The predicted molar refractivity (Wildman–Crippen MR) is 67.9 cm³/mol. The van der Waals surface area contributed by atoms with Crippen LogP contribution in [0.4, 0.5) is 0 Å². The van der Waals surface area contributed by atoms with E-state index in [1.807, 2.05) is 60.7 Å². The lowest BCUT2D eigenvalue weighted by molar-refractivity contribution is 0.614. The summed E-state index contributed by atoms with van der Waals surface area (Å²) in [7, 11) is 1.08. The molecule has 0 spiro atoms. The molecule has 0 saturated heterocycles. The maximum absolute atomic E-state index is 8.96. The van der Waals surface area contributed by atoms with Crippen molar-refractivity contribution in [2.75, 3.05) is 0 Å². The second-order valence-corrected chi connectivity index (χ2v) is 3.46. The summed E-state index contributed by atoms with van der Waals surface area (Å²) in [5, 5.41) is 8.96. The van der Waals surface area contributed by atoms with Gasteiger partial charge < -0.3 is 5.02 Å². The van der Waals surface area contributed by atoms with Crippen LogP contribution < -0.4 is 0 Å². The van der Waals surface area contributed by atoms with Gasteiger partial charge in [-0.3, -0.25) is 0 Å². The molecule has 0 fully saturated rings. The van der Waals surface area contributed by atoms with Crippen LogP contribution in [0.5, 0.6) is 0 Å². The molecular formula is C14H12BO. The van der Waals surface area contributed by atoms with E-state index in [9.17, 15) is 0 Å². The second kappa shape index (κ2) is 5.33. The molecule has 0 heterocycles. The van der Waals surface area contributed by atoms with Crippen molar-refractivity contribution >= 4 is 13.1 Å². The summed E-state index contributed by atoms with van der Waals surface area (Å²) in [6, 6.07) is 20.0. The summed E-state index contributed by atoms with van der Waals surface area (Å²) < 4.78 is 0. The van der Waals surface area contributed by atoms with Crippen molar-refractivity contribution in [2.45, 2.75) is 0 Å². The van der Waals surface area contributed by atoms with Crippen molar-refractivity contribution in [1.82, 2.24) is 0 Å². The maximum atomic E-state index is 8.96. The number of benzene rings is 2. The van der Waals surface area contributed by atoms with Gasteiger partial charge in [0.2, 0.25) is 0 Å². The second-order valence-electron chi connectivity index (χ2n) is 3.46. The van der Waals surface area contributed by atoms with Gasteiger partial charge in [0.15, 0.2) is 0 Å². The molecule has 0 aliphatic heterocycles. The van der Waals surface area contributed by atoms with E-state index in [0.717, 1.165) is 24.2 Å². The summed E-state index contributed by atoms with van der Waals surface area (Å²) in [4.78, 5) is 0. The first-order valence-electron chi connectivity index (χ1n) is 5.20. The normalized spacial score (nSPS) is 9.56. The van der Waals surface area contributed by atoms with Crippen LogP contribution in [0.2, 0.25) is 0 Å². The van der Waals surface area contributed by atoms with Gasteiger partial charge in [0, 0.05) is 0 Å². The van der Waals surface area contributed by atoms with Crippen molar-refractivity contribution in [3.63, 3.8) is 0 Å². The minimum atomic E-state index is 1.02. The lowest BCUT2D eigenvalue weighted by atomic mass is 9.89. The highest BCUT2D eigenvalue weighted by Crippen LogP contribution is 2.22. The molecule has 77 valence electrons. The van der Waals surface area contributed by atoms with Crippen molar-refractivity contribution in [2.24, 2.45) is 0 Å². The zero-order chi connectivity index (χ0) is 11.2. The molecule has 1 nitrogen and oxygen atoms in total. The summed E-state index contributed by atoms with van der Waals surface area (Å²) >= 11 is 0. The Kier molecular flexibility index (Phi) is 3.57. The van der Waals surface area contributed by atoms with Crippen LogP contribution in [0.1, 0.15) is 11.1 Å². The average Bonchev–Trinajstić information content (AvgIpc) is 2.38. The standard InChI is InChI=1S/C14H12BO/c16-15-11-14(12-7-3-1-4-8-12)13-9-5-2-6-10-13/h1-11,16H. The van der Waals surface area contributed by atoms with Gasteiger partial charge in [-0.2, -0.15) is 0 Å². The van der Waals surface area contributed by atoms with Crippen LogP contribution in [-0.2, 0) is 0 Å². The Labute approximate surface area is 96.3 Å². The van der Waals surface area contributed by atoms with Gasteiger partial charge in [-0.1, -0.05) is 66.6 Å². The average molecular weight is 207 g/mol. The molecule has 0 aliphatic rings. The van der Waals surface area contributed by atoms with E-state index in [1.165, 1.54) is 0 Å². The molecule has 1 radical (unpaired) electrons. The number of rotatable bonds is 3. The van der Waals surface area contributed by atoms with Gasteiger partial charge in [-0.05, 0) is 16.7 Å². The summed E-state index contributed by atoms with van der Waals surface area (Å²) in [5.74, 6) is 1.71. The Bertz CT molecular complexity index is 421. The van der Waals surface area contributed by atoms with Gasteiger partial charge in [0.25, 0.3) is 0 Å². The zero-order valence-electron chi connectivity index (χ0n) is 8.88. The summed E-state index contributed by atoms with van der Waals surface area (Å²) in [6.45, 7) is 0. The molecule has 0 saturated carbocycles. The van der Waals surface area contributed by atoms with Gasteiger partial charge >= 0.3 is 7.48 Å². The highest BCUT2D eigenvalue weighted by Gasteiger charge is 2.02. The van der Waals surface area contributed by atoms with Crippen molar-refractivity contribution in [3.8, 4) is 0 Å². The first-order chi connectivity index (χ1) is 7.92. The van der Waals surface area contributed by atoms with E-state index in [4.69, 9.17) is 5.02 Å². The number of hydrogen-bond donors (Lipinski definition) is 1. The van der Waals surface area contributed by atoms with E-state index in [0.29, 0.717) is 0 Å². The third-order valence-corrected chi connectivity index (χ3v) is 2.41. The molecule has 0 unspecified atom stereocenters. The lowest BCUT2D eigenvalue weighted by Crippen LogP contribution is -1.91. The Morgan fingerprint density at radius 3 is 1.62 bits per heavy atom. The number of hydrogen-bond acceptors (Lipinski definition) is 1. The molecule has 0 aromatic heterocycles. The molecule has 2 aromatic rings. The molecule has 1 N–H and O–H groups in total. The topological polar surface area (TPSA) is 20.2 Å². The van der Waals surface area contributed by atoms with E-state index < -0.39 is 0 Å². The maximum Gasteiger partial charge on any atom is 0.319 e. The molecule has 2 heteroatoms. The summed E-state index contributed by atoms with van der Waals surface area (Å²) in [5.41, 5.74) is 3.21. The quantitative estimate of drug-likeness (QED) is 0.767. The van der Waals surface area contributed by atoms with Crippen LogP contribution in [0.3, 0.4) is 0 Å². The smallest absolute Gasteiger partial charge is 0.319 e. The highest BCUT2D eigenvalue weighted by atomic mass is 16.2. The molecule has 0 atom stereocenters. The first kappa shape index (κ1) is 10.7. The minimum absolute atomic E-state index is 1.02. The van der Waals surface area contributed by atoms with Gasteiger partial charge in [0.05, 0.1) is 0 Å². The van der Waals surface area contributed by atoms with Crippen LogP contribution >= 0.6 is 0 Å². The molecule has 2 aromatic carbocycles. The molecule has 2 rings (SSSR count). The Hall–Kier alpha value is -1.80. The van der Waals surface area contributed by atoms with Crippen LogP contribution in [0.15, 0.2) is 66.6 Å². The van der Waals surface area contributed by atoms with Crippen molar-refractivity contribution < 1.29 is 5.02 Å². The van der Waals surface area contributed by atoms with Crippen LogP contribution in [0.25, 0.3) is 5.57 Å². The first-order valence-corrected chi connectivity index (χ1v) is 5.20. The fraction of sp³-hybridized carbons (Fsp3) is 0. The van der Waals surface area contributed by atoms with E-state index in [1.54, 1.807) is 5.98 Å². The third-order valence-electron chi connectivity index (χ3n) is 2.41. The molecule has 0 aliphatic carbocycles. The Balaban J connectivity index is 2.44. The van der Waals surface area contributed by atoms with E-state index in [-0.39, 0.29) is 0 Å².